The zero-order valence-electron chi connectivity index (χ0n) is 15.4. The van der Waals surface area contributed by atoms with Crippen LogP contribution in [0.3, 0.4) is 0 Å². The van der Waals surface area contributed by atoms with Crippen molar-refractivity contribution in [2.75, 3.05) is 53.6 Å². The molecule has 1 aromatic heterocycles. The molecule has 1 amide bonds. The van der Waals surface area contributed by atoms with Crippen molar-refractivity contribution in [1.82, 2.24) is 14.4 Å². The Kier molecular flexibility index (Phi) is 7.16. The molecule has 2 heterocycles. The van der Waals surface area contributed by atoms with Crippen molar-refractivity contribution in [2.24, 2.45) is 18.9 Å². The third kappa shape index (κ3) is 5.39. The molecule has 0 aliphatic carbocycles. The zero-order chi connectivity index (χ0) is 18.4. The van der Waals surface area contributed by atoms with Crippen LogP contribution in [0.2, 0.25) is 0 Å². The highest BCUT2D eigenvalue weighted by atomic mass is 16.5. The standard InChI is InChI=1S/C18H29N3O4/c1-19(6-7-25-3)10-14-8-15(13-22)12-21(11-14)18(24)16-4-5-20(2)17(23)9-16/h4-5,9,14-15,22H,6-8,10-13H2,1-3H3/t14-,15+/m0/s1. The van der Waals surface area contributed by atoms with Gasteiger partial charge in [0.15, 0.2) is 0 Å². The Morgan fingerprint density at radius 1 is 1.40 bits per heavy atom. The van der Waals surface area contributed by atoms with E-state index in [0.717, 1.165) is 19.5 Å². The molecule has 7 heteroatoms. The normalized spacial score (nSPS) is 20.9. The predicted molar refractivity (Wildman–Crippen MR) is 95.6 cm³/mol. The van der Waals surface area contributed by atoms with Crippen LogP contribution in [0.5, 0.6) is 0 Å². The van der Waals surface area contributed by atoms with E-state index in [1.807, 2.05) is 7.05 Å². The number of aliphatic hydroxyl groups is 1. The number of carbonyl (C=O) groups is 1. The van der Waals surface area contributed by atoms with Gasteiger partial charge in [-0.15, -0.1) is 0 Å². The molecule has 0 spiro atoms. The molecule has 1 aliphatic rings. The van der Waals surface area contributed by atoms with E-state index in [9.17, 15) is 14.7 Å². The van der Waals surface area contributed by atoms with Gasteiger partial charge in [-0.3, -0.25) is 9.59 Å². The molecule has 2 atom stereocenters. The van der Waals surface area contributed by atoms with Gasteiger partial charge in [0.2, 0.25) is 0 Å². The van der Waals surface area contributed by atoms with Crippen LogP contribution in [-0.2, 0) is 11.8 Å². The lowest BCUT2D eigenvalue weighted by Crippen LogP contribution is -2.48. The van der Waals surface area contributed by atoms with Crippen LogP contribution in [0.25, 0.3) is 0 Å². The summed E-state index contributed by atoms with van der Waals surface area (Å²) >= 11 is 0. The number of ether oxygens (including phenoxy) is 1. The van der Waals surface area contributed by atoms with Crippen LogP contribution in [0, 0.1) is 11.8 Å². The number of aryl methyl sites for hydroxylation is 1. The summed E-state index contributed by atoms with van der Waals surface area (Å²) in [6.45, 7) is 3.59. The molecule has 1 aromatic rings. The number of methoxy groups -OCH3 is 1. The van der Waals surface area contributed by atoms with Gasteiger partial charge in [-0.2, -0.15) is 0 Å². The van der Waals surface area contributed by atoms with Gasteiger partial charge in [0.1, 0.15) is 0 Å². The first-order valence-corrected chi connectivity index (χ1v) is 8.68. The van der Waals surface area contributed by atoms with Gasteiger partial charge in [0.25, 0.3) is 11.5 Å². The number of piperidine rings is 1. The highest BCUT2D eigenvalue weighted by Gasteiger charge is 2.30. The lowest BCUT2D eigenvalue weighted by molar-refractivity contribution is 0.0450. The Morgan fingerprint density at radius 3 is 2.76 bits per heavy atom. The Balaban J connectivity index is 2.06. The largest absolute Gasteiger partial charge is 0.396 e. The Bertz CT molecular complexity index is 631. The van der Waals surface area contributed by atoms with Crippen molar-refractivity contribution in [2.45, 2.75) is 6.42 Å². The number of nitrogens with zero attached hydrogens (tertiary/aromatic N) is 3. The minimum atomic E-state index is -0.197. The highest BCUT2D eigenvalue weighted by molar-refractivity contribution is 5.94. The third-order valence-electron chi connectivity index (χ3n) is 4.77. The number of aliphatic hydroxyl groups excluding tert-OH is 1. The van der Waals surface area contributed by atoms with E-state index in [1.54, 1.807) is 31.3 Å². The summed E-state index contributed by atoms with van der Waals surface area (Å²) in [5.74, 6) is 0.230. The van der Waals surface area contributed by atoms with E-state index in [-0.39, 0.29) is 24.0 Å². The molecular weight excluding hydrogens is 322 g/mol. The maximum absolute atomic E-state index is 12.8. The number of likely N-dealkylation sites (N-methyl/N-ethyl adjacent to an activating group) is 1. The van der Waals surface area contributed by atoms with Gasteiger partial charge in [-0.1, -0.05) is 0 Å². The molecule has 7 nitrogen and oxygen atoms in total. The molecule has 0 aromatic carbocycles. The second-order valence-corrected chi connectivity index (χ2v) is 6.98. The molecule has 2 rings (SSSR count). The van der Waals surface area contributed by atoms with Gasteiger partial charge in [0.05, 0.1) is 6.61 Å². The van der Waals surface area contributed by atoms with E-state index in [0.29, 0.717) is 31.2 Å². The molecule has 1 aliphatic heterocycles. The van der Waals surface area contributed by atoms with Crippen LogP contribution < -0.4 is 5.56 Å². The fourth-order valence-electron chi connectivity index (χ4n) is 3.39. The van der Waals surface area contributed by atoms with E-state index in [2.05, 4.69) is 4.90 Å². The van der Waals surface area contributed by atoms with Gasteiger partial charge in [0, 0.05) is 64.8 Å². The number of aromatic nitrogens is 1. The number of hydrogen-bond donors (Lipinski definition) is 1. The minimum Gasteiger partial charge on any atom is -0.396 e. The van der Waals surface area contributed by atoms with Crippen LogP contribution in [-0.4, -0.2) is 78.9 Å². The van der Waals surface area contributed by atoms with Crippen LogP contribution in [0.1, 0.15) is 16.8 Å². The summed E-state index contributed by atoms with van der Waals surface area (Å²) in [4.78, 5) is 28.5. The summed E-state index contributed by atoms with van der Waals surface area (Å²) in [6, 6.07) is 3.05. The van der Waals surface area contributed by atoms with Crippen molar-refractivity contribution in [1.29, 1.82) is 0 Å². The Labute approximate surface area is 148 Å². The van der Waals surface area contributed by atoms with E-state index >= 15 is 0 Å². The van der Waals surface area contributed by atoms with Gasteiger partial charge >= 0.3 is 0 Å². The number of likely N-dealkylation sites (tertiary alicyclic amines) is 1. The van der Waals surface area contributed by atoms with E-state index in [4.69, 9.17) is 4.74 Å². The summed E-state index contributed by atoms with van der Waals surface area (Å²) in [5.41, 5.74) is 0.214. The summed E-state index contributed by atoms with van der Waals surface area (Å²) < 4.78 is 6.55. The average molecular weight is 351 g/mol. The van der Waals surface area contributed by atoms with E-state index < -0.39 is 0 Å². The fraction of sp³-hybridized carbons (Fsp3) is 0.667. The van der Waals surface area contributed by atoms with Crippen LogP contribution in [0.15, 0.2) is 23.1 Å². The fourth-order valence-corrected chi connectivity index (χ4v) is 3.39. The van der Waals surface area contributed by atoms with Crippen LogP contribution >= 0.6 is 0 Å². The van der Waals surface area contributed by atoms with Crippen molar-refractivity contribution in [3.8, 4) is 0 Å². The van der Waals surface area contributed by atoms with Crippen molar-refractivity contribution in [3.05, 3.63) is 34.2 Å². The molecule has 0 unspecified atom stereocenters. The quantitative estimate of drug-likeness (QED) is 0.750. The van der Waals surface area contributed by atoms with E-state index in [1.165, 1.54) is 10.6 Å². The number of amides is 1. The molecule has 1 fully saturated rings. The maximum Gasteiger partial charge on any atom is 0.254 e. The Hall–Kier alpha value is -1.70. The zero-order valence-corrected chi connectivity index (χ0v) is 15.4. The summed E-state index contributed by atoms with van der Waals surface area (Å²) in [6.07, 6.45) is 2.51. The maximum atomic E-state index is 12.8. The average Bonchev–Trinajstić information content (AvgIpc) is 2.61. The first kappa shape index (κ1) is 19.6. The smallest absolute Gasteiger partial charge is 0.254 e. The second kappa shape index (κ2) is 9.12. The third-order valence-corrected chi connectivity index (χ3v) is 4.77. The molecule has 140 valence electrons. The Morgan fingerprint density at radius 2 is 2.12 bits per heavy atom. The van der Waals surface area contributed by atoms with Gasteiger partial charge in [-0.25, -0.2) is 0 Å². The predicted octanol–water partition coefficient (Wildman–Crippen LogP) is 0.0341. The number of pyridine rings is 1. The molecular formula is C18H29N3O4. The van der Waals surface area contributed by atoms with Crippen molar-refractivity contribution in [3.63, 3.8) is 0 Å². The second-order valence-electron chi connectivity index (χ2n) is 6.98. The van der Waals surface area contributed by atoms with Gasteiger partial charge in [-0.05, 0) is 31.4 Å². The van der Waals surface area contributed by atoms with Crippen LogP contribution in [0.4, 0.5) is 0 Å². The topological polar surface area (TPSA) is 75.0 Å². The molecule has 1 N–H and O–H groups in total. The lowest BCUT2D eigenvalue weighted by Gasteiger charge is -2.38. The number of hydrogen-bond acceptors (Lipinski definition) is 5. The van der Waals surface area contributed by atoms with Crippen molar-refractivity contribution < 1.29 is 14.6 Å². The monoisotopic (exact) mass is 351 g/mol. The first-order chi connectivity index (χ1) is 11.9. The molecule has 0 bridgehead atoms. The number of rotatable bonds is 7. The SMILES string of the molecule is COCCN(C)C[C@@H]1C[C@@H](CO)CN(C(=O)c2ccn(C)c(=O)c2)C1. The van der Waals surface area contributed by atoms with Crippen molar-refractivity contribution >= 4 is 5.91 Å². The molecule has 25 heavy (non-hydrogen) atoms. The lowest BCUT2D eigenvalue weighted by atomic mass is 9.89. The van der Waals surface area contributed by atoms with Gasteiger partial charge < -0.3 is 24.2 Å². The highest BCUT2D eigenvalue weighted by Crippen LogP contribution is 2.23. The molecule has 1 saturated heterocycles. The summed E-state index contributed by atoms with van der Waals surface area (Å²) in [7, 11) is 5.38. The summed E-state index contributed by atoms with van der Waals surface area (Å²) in [5, 5.41) is 9.61. The first-order valence-electron chi connectivity index (χ1n) is 8.68. The molecule has 0 radical (unpaired) electrons. The number of carbonyl (C=O) groups excluding carboxylic acids is 1. The minimum absolute atomic E-state index is 0.0681. The molecule has 0 saturated carbocycles.